The van der Waals surface area contributed by atoms with Crippen molar-refractivity contribution in [3.63, 3.8) is 0 Å². The quantitative estimate of drug-likeness (QED) is 0.532. The number of nitrogens with zero attached hydrogens (tertiary/aromatic N) is 2. The molecule has 4 rings (SSSR count). The number of benzene rings is 1. The van der Waals surface area contributed by atoms with Crippen molar-refractivity contribution in [1.82, 2.24) is 20.4 Å². The minimum absolute atomic E-state index is 0.0773. The van der Waals surface area contributed by atoms with Gasteiger partial charge in [0, 0.05) is 31.6 Å². The number of carbonyl (C=O) groups is 1. The topological polar surface area (TPSA) is 72.1 Å². The normalized spacial score (nSPS) is 19.1. The van der Waals surface area contributed by atoms with Gasteiger partial charge in [0.05, 0.1) is 32.5 Å². The van der Waals surface area contributed by atoms with Crippen molar-refractivity contribution in [2.45, 2.75) is 18.4 Å². The van der Waals surface area contributed by atoms with Crippen LogP contribution in [0.5, 0.6) is 0 Å². The van der Waals surface area contributed by atoms with Crippen LogP contribution in [0, 0.1) is 0 Å². The second kappa shape index (κ2) is 8.81. The Bertz CT molecular complexity index is 1080. The molecule has 1 saturated heterocycles. The number of furan rings is 1. The molecule has 10 heteroatoms. The summed E-state index contributed by atoms with van der Waals surface area (Å²) < 4.78 is 7.10. The first-order valence-corrected chi connectivity index (χ1v) is 10.8. The number of rotatable bonds is 4. The van der Waals surface area contributed by atoms with Crippen LogP contribution in [-0.4, -0.2) is 34.8 Å². The van der Waals surface area contributed by atoms with E-state index in [9.17, 15) is 4.79 Å². The van der Waals surface area contributed by atoms with E-state index in [1.54, 1.807) is 23.9 Å². The molecule has 1 amide bonds. The maximum atomic E-state index is 12.9. The Hall–Kier alpha value is -1.70. The SMILES string of the molecule is Cn1ncc(Cl)c1-c1cc(C(=O)N[C@@H]2CNCC[C@H]2c2ccc(Cl)c(Cl)c2)oc1Cl. The Balaban J connectivity index is 1.56. The first-order chi connectivity index (χ1) is 14.3. The molecule has 0 unspecified atom stereocenters. The van der Waals surface area contributed by atoms with Crippen molar-refractivity contribution in [3.05, 3.63) is 62.1 Å². The van der Waals surface area contributed by atoms with E-state index in [4.69, 9.17) is 50.8 Å². The summed E-state index contributed by atoms with van der Waals surface area (Å²) in [6.07, 6.45) is 2.35. The van der Waals surface area contributed by atoms with E-state index >= 15 is 0 Å². The number of aromatic nitrogens is 2. The summed E-state index contributed by atoms with van der Waals surface area (Å²) in [5.41, 5.74) is 2.11. The van der Waals surface area contributed by atoms with Crippen molar-refractivity contribution in [2.24, 2.45) is 7.05 Å². The van der Waals surface area contributed by atoms with Crippen molar-refractivity contribution >= 4 is 52.3 Å². The molecule has 2 N–H and O–H groups in total. The van der Waals surface area contributed by atoms with Gasteiger partial charge < -0.3 is 15.1 Å². The van der Waals surface area contributed by atoms with E-state index in [1.165, 1.54) is 6.20 Å². The Morgan fingerprint density at radius 1 is 1.20 bits per heavy atom. The highest BCUT2D eigenvalue weighted by atomic mass is 35.5. The van der Waals surface area contributed by atoms with Crippen LogP contribution in [0.1, 0.15) is 28.5 Å². The zero-order valence-electron chi connectivity index (χ0n) is 15.9. The van der Waals surface area contributed by atoms with E-state index in [0.29, 0.717) is 32.9 Å². The van der Waals surface area contributed by atoms with Gasteiger partial charge >= 0.3 is 0 Å². The molecule has 3 heterocycles. The second-order valence-corrected chi connectivity index (χ2v) is 8.68. The lowest BCUT2D eigenvalue weighted by Gasteiger charge is -2.33. The number of piperidine rings is 1. The van der Waals surface area contributed by atoms with Gasteiger partial charge in [-0.15, -0.1) is 0 Å². The summed E-state index contributed by atoms with van der Waals surface area (Å²) in [7, 11) is 1.74. The molecule has 30 heavy (non-hydrogen) atoms. The van der Waals surface area contributed by atoms with Crippen LogP contribution in [0.25, 0.3) is 11.3 Å². The zero-order valence-corrected chi connectivity index (χ0v) is 18.9. The molecule has 0 bridgehead atoms. The van der Waals surface area contributed by atoms with Crippen molar-refractivity contribution in [2.75, 3.05) is 13.1 Å². The second-order valence-electron chi connectivity index (χ2n) is 7.12. The number of amides is 1. The Labute approximate surface area is 193 Å². The molecule has 1 aliphatic rings. The monoisotopic (exact) mass is 486 g/mol. The largest absolute Gasteiger partial charge is 0.439 e. The van der Waals surface area contributed by atoms with Crippen molar-refractivity contribution < 1.29 is 9.21 Å². The Kier molecular flexibility index (Phi) is 6.32. The fourth-order valence-electron chi connectivity index (χ4n) is 3.75. The summed E-state index contributed by atoms with van der Waals surface area (Å²) in [6.45, 7) is 1.46. The fraction of sp³-hybridized carbons (Fsp3) is 0.300. The molecule has 3 aromatic rings. The van der Waals surface area contributed by atoms with Gasteiger partial charge in [0.1, 0.15) is 0 Å². The minimum Gasteiger partial charge on any atom is -0.439 e. The van der Waals surface area contributed by atoms with Gasteiger partial charge in [-0.25, -0.2) is 0 Å². The molecule has 6 nitrogen and oxygen atoms in total. The highest BCUT2D eigenvalue weighted by Crippen LogP contribution is 2.36. The molecule has 1 fully saturated rings. The lowest BCUT2D eigenvalue weighted by molar-refractivity contribution is 0.0896. The molecular weight excluding hydrogens is 470 g/mol. The summed E-state index contributed by atoms with van der Waals surface area (Å²) in [5.74, 6) is -0.174. The molecule has 1 aromatic carbocycles. The Morgan fingerprint density at radius 2 is 2.00 bits per heavy atom. The number of halogens is 4. The summed E-state index contributed by atoms with van der Waals surface area (Å²) in [6, 6.07) is 6.98. The average molecular weight is 488 g/mol. The van der Waals surface area contributed by atoms with E-state index in [1.807, 2.05) is 12.1 Å². The predicted octanol–water partition coefficient (Wildman–Crippen LogP) is 5.17. The van der Waals surface area contributed by atoms with Crippen molar-refractivity contribution in [3.8, 4) is 11.3 Å². The summed E-state index contributed by atoms with van der Waals surface area (Å²) >= 11 is 24.7. The number of carbonyl (C=O) groups excluding carboxylic acids is 1. The fourth-order valence-corrected chi connectivity index (χ4v) is 4.55. The van der Waals surface area contributed by atoms with Gasteiger partial charge in [0.15, 0.2) is 5.76 Å². The van der Waals surface area contributed by atoms with Gasteiger partial charge in [0.25, 0.3) is 5.91 Å². The number of aryl methyl sites for hydroxylation is 1. The molecule has 0 radical (unpaired) electrons. The summed E-state index contributed by atoms with van der Waals surface area (Å²) in [4.78, 5) is 12.9. The highest BCUT2D eigenvalue weighted by Gasteiger charge is 2.30. The lowest BCUT2D eigenvalue weighted by Crippen LogP contribution is -2.50. The zero-order chi connectivity index (χ0) is 21.4. The molecule has 2 atom stereocenters. The van der Waals surface area contributed by atoms with Crippen LogP contribution < -0.4 is 10.6 Å². The third kappa shape index (κ3) is 4.20. The standard InChI is InChI=1S/C20H18Cl4N4O2/c1-28-18(15(23)8-26-28)12-7-17(30-19(12)24)20(29)27-16-9-25-5-4-11(16)10-2-3-13(21)14(22)6-10/h2-3,6-8,11,16,25H,4-5,9H2,1H3,(H,27,29)/t11-,16+/m0/s1. The van der Waals surface area contributed by atoms with Crippen LogP contribution in [0.2, 0.25) is 20.3 Å². The molecular formula is C20H18Cl4N4O2. The predicted molar refractivity (Wildman–Crippen MR) is 119 cm³/mol. The van der Waals surface area contributed by atoms with Crippen LogP contribution in [0.4, 0.5) is 0 Å². The van der Waals surface area contributed by atoms with Crippen LogP contribution in [-0.2, 0) is 7.05 Å². The minimum atomic E-state index is -0.361. The van der Waals surface area contributed by atoms with Gasteiger partial charge in [-0.3, -0.25) is 9.48 Å². The van der Waals surface area contributed by atoms with Gasteiger partial charge in [-0.05, 0) is 42.3 Å². The first-order valence-electron chi connectivity index (χ1n) is 9.29. The van der Waals surface area contributed by atoms with E-state index < -0.39 is 0 Å². The van der Waals surface area contributed by atoms with Gasteiger partial charge in [0.2, 0.25) is 5.22 Å². The lowest BCUT2D eigenvalue weighted by atomic mass is 9.86. The maximum Gasteiger partial charge on any atom is 0.287 e. The maximum absolute atomic E-state index is 12.9. The van der Waals surface area contributed by atoms with E-state index in [2.05, 4.69) is 15.7 Å². The number of nitrogens with one attached hydrogen (secondary N) is 2. The smallest absolute Gasteiger partial charge is 0.287 e. The van der Waals surface area contributed by atoms with E-state index in [-0.39, 0.29) is 28.8 Å². The third-order valence-corrected chi connectivity index (χ3v) is 6.53. The van der Waals surface area contributed by atoms with Crippen LogP contribution in [0.15, 0.2) is 34.9 Å². The molecule has 1 aliphatic heterocycles. The van der Waals surface area contributed by atoms with E-state index in [0.717, 1.165) is 18.5 Å². The van der Waals surface area contributed by atoms with Crippen LogP contribution in [0.3, 0.4) is 0 Å². The summed E-state index contributed by atoms with van der Waals surface area (Å²) in [5, 5.41) is 11.9. The number of hydrogen-bond donors (Lipinski definition) is 2. The van der Waals surface area contributed by atoms with Crippen LogP contribution >= 0.6 is 46.4 Å². The molecule has 0 saturated carbocycles. The third-order valence-electron chi connectivity index (χ3n) is 5.23. The average Bonchev–Trinajstić information content (AvgIpc) is 3.26. The molecule has 0 aliphatic carbocycles. The molecule has 2 aromatic heterocycles. The van der Waals surface area contributed by atoms with Gasteiger partial charge in [-0.1, -0.05) is 40.9 Å². The highest BCUT2D eigenvalue weighted by molar-refractivity contribution is 6.42. The Morgan fingerprint density at radius 3 is 2.70 bits per heavy atom. The van der Waals surface area contributed by atoms with Gasteiger partial charge in [-0.2, -0.15) is 5.10 Å². The van der Waals surface area contributed by atoms with Crippen molar-refractivity contribution in [1.29, 1.82) is 0 Å². The molecule has 158 valence electrons. The molecule has 0 spiro atoms. The first kappa shape index (κ1) is 21.5. The number of hydrogen-bond acceptors (Lipinski definition) is 4.